The topological polar surface area (TPSA) is 29.5 Å². The van der Waals surface area contributed by atoms with Crippen molar-refractivity contribution in [3.05, 3.63) is 35.9 Å². The van der Waals surface area contributed by atoms with E-state index >= 15 is 0 Å². The largest absolute Gasteiger partial charge is 0.445 e. The van der Waals surface area contributed by atoms with E-state index in [2.05, 4.69) is 0 Å². The molecule has 1 saturated heterocycles. The van der Waals surface area contributed by atoms with Crippen molar-refractivity contribution >= 4 is 6.09 Å². The van der Waals surface area contributed by atoms with Gasteiger partial charge in [0.05, 0.1) is 0 Å². The molecule has 1 amide bonds. The molecule has 1 aliphatic heterocycles. The molecule has 80 valence electrons. The van der Waals surface area contributed by atoms with Crippen molar-refractivity contribution in [2.45, 2.75) is 26.0 Å². The molecule has 0 N–H and O–H groups in total. The molecule has 0 aromatic heterocycles. The van der Waals surface area contributed by atoms with Gasteiger partial charge in [-0.25, -0.2) is 4.79 Å². The Morgan fingerprint density at radius 3 is 2.73 bits per heavy atom. The summed E-state index contributed by atoms with van der Waals surface area (Å²) in [5.41, 5.74) is 1.03. The van der Waals surface area contributed by atoms with Gasteiger partial charge in [-0.2, -0.15) is 0 Å². The first-order chi connectivity index (χ1) is 7.27. The van der Waals surface area contributed by atoms with E-state index in [1.165, 1.54) is 0 Å². The maximum Gasteiger partial charge on any atom is 0.410 e. The van der Waals surface area contributed by atoms with Crippen LogP contribution in [0.2, 0.25) is 0 Å². The van der Waals surface area contributed by atoms with E-state index in [9.17, 15) is 4.79 Å². The monoisotopic (exact) mass is 205 g/mol. The summed E-state index contributed by atoms with van der Waals surface area (Å²) >= 11 is 0. The quantitative estimate of drug-likeness (QED) is 0.742. The van der Waals surface area contributed by atoms with Gasteiger partial charge >= 0.3 is 6.09 Å². The molecule has 0 saturated carbocycles. The van der Waals surface area contributed by atoms with Crippen LogP contribution in [0.5, 0.6) is 0 Å². The number of hydrogen-bond acceptors (Lipinski definition) is 2. The van der Waals surface area contributed by atoms with E-state index in [0.717, 1.165) is 18.5 Å². The zero-order valence-electron chi connectivity index (χ0n) is 8.85. The van der Waals surface area contributed by atoms with Gasteiger partial charge in [-0.1, -0.05) is 30.3 Å². The summed E-state index contributed by atoms with van der Waals surface area (Å²) < 4.78 is 5.19. The number of ether oxygens (including phenoxy) is 1. The third kappa shape index (κ3) is 2.29. The molecule has 1 aromatic rings. The molecule has 1 aliphatic rings. The van der Waals surface area contributed by atoms with Crippen LogP contribution >= 0.6 is 0 Å². The SMILES string of the molecule is C[C@@H]1CCN1C(=O)OCc1ccccc1. The first-order valence-electron chi connectivity index (χ1n) is 5.24. The molecule has 3 nitrogen and oxygen atoms in total. The number of nitrogens with zero attached hydrogens (tertiary/aromatic N) is 1. The van der Waals surface area contributed by atoms with Gasteiger partial charge in [-0.05, 0) is 18.9 Å². The van der Waals surface area contributed by atoms with Crippen LogP contribution in [0, 0.1) is 0 Å². The van der Waals surface area contributed by atoms with E-state index in [1.54, 1.807) is 4.90 Å². The minimum absolute atomic E-state index is 0.197. The number of hydrogen-bond donors (Lipinski definition) is 0. The Morgan fingerprint density at radius 2 is 2.20 bits per heavy atom. The zero-order valence-corrected chi connectivity index (χ0v) is 8.85. The van der Waals surface area contributed by atoms with Crippen LogP contribution in [-0.4, -0.2) is 23.6 Å². The lowest BCUT2D eigenvalue weighted by molar-refractivity contribution is 0.0497. The maximum atomic E-state index is 11.5. The van der Waals surface area contributed by atoms with Crippen molar-refractivity contribution in [3.8, 4) is 0 Å². The Bertz CT molecular complexity index is 337. The minimum Gasteiger partial charge on any atom is -0.445 e. The van der Waals surface area contributed by atoms with E-state index < -0.39 is 0 Å². The Labute approximate surface area is 89.7 Å². The molecule has 1 aromatic carbocycles. The summed E-state index contributed by atoms with van der Waals surface area (Å²) in [5, 5.41) is 0. The van der Waals surface area contributed by atoms with Gasteiger partial charge in [0, 0.05) is 12.6 Å². The van der Waals surface area contributed by atoms with E-state index in [0.29, 0.717) is 12.6 Å². The van der Waals surface area contributed by atoms with E-state index in [1.807, 2.05) is 37.3 Å². The highest BCUT2D eigenvalue weighted by Crippen LogP contribution is 2.17. The number of likely N-dealkylation sites (tertiary alicyclic amines) is 1. The zero-order chi connectivity index (χ0) is 10.7. The molecule has 0 unspecified atom stereocenters. The fraction of sp³-hybridized carbons (Fsp3) is 0.417. The van der Waals surface area contributed by atoms with Crippen LogP contribution in [0.4, 0.5) is 4.79 Å². The van der Waals surface area contributed by atoms with Crippen molar-refractivity contribution < 1.29 is 9.53 Å². The van der Waals surface area contributed by atoms with Gasteiger partial charge in [-0.3, -0.25) is 0 Å². The van der Waals surface area contributed by atoms with Crippen molar-refractivity contribution in [1.82, 2.24) is 4.90 Å². The molecule has 2 rings (SSSR count). The van der Waals surface area contributed by atoms with Gasteiger partial charge in [-0.15, -0.1) is 0 Å². The standard InChI is InChI=1S/C12H15NO2/c1-10-7-8-13(10)12(14)15-9-11-5-3-2-4-6-11/h2-6,10H,7-9H2,1H3/t10-/m1/s1. The number of amides is 1. The highest BCUT2D eigenvalue weighted by atomic mass is 16.6. The van der Waals surface area contributed by atoms with Crippen LogP contribution in [0.25, 0.3) is 0 Å². The first-order valence-corrected chi connectivity index (χ1v) is 5.24. The van der Waals surface area contributed by atoms with E-state index in [4.69, 9.17) is 4.74 Å². The summed E-state index contributed by atoms with van der Waals surface area (Å²) in [6.07, 6.45) is 0.887. The van der Waals surface area contributed by atoms with Crippen molar-refractivity contribution in [1.29, 1.82) is 0 Å². The summed E-state index contributed by atoms with van der Waals surface area (Å²) in [5.74, 6) is 0. The molecule has 3 heteroatoms. The first kappa shape index (κ1) is 10.0. The fourth-order valence-electron chi connectivity index (χ4n) is 1.59. The third-order valence-electron chi connectivity index (χ3n) is 2.76. The average Bonchev–Trinajstić information content (AvgIpc) is 2.26. The highest BCUT2D eigenvalue weighted by molar-refractivity contribution is 5.69. The van der Waals surface area contributed by atoms with Crippen LogP contribution in [-0.2, 0) is 11.3 Å². The number of benzene rings is 1. The molecule has 0 spiro atoms. The Hall–Kier alpha value is -1.51. The number of carbonyl (C=O) groups excluding carboxylic acids is 1. The lowest BCUT2D eigenvalue weighted by Gasteiger charge is -2.37. The normalized spacial score (nSPS) is 19.5. The molecule has 0 aliphatic carbocycles. The van der Waals surface area contributed by atoms with Crippen LogP contribution < -0.4 is 0 Å². The smallest absolute Gasteiger partial charge is 0.410 e. The van der Waals surface area contributed by atoms with Gasteiger partial charge in [0.1, 0.15) is 6.61 Å². The van der Waals surface area contributed by atoms with Crippen molar-refractivity contribution in [3.63, 3.8) is 0 Å². The number of rotatable bonds is 2. The Balaban J connectivity index is 1.81. The van der Waals surface area contributed by atoms with E-state index in [-0.39, 0.29) is 6.09 Å². The maximum absolute atomic E-state index is 11.5. The lowest BCUT2D eigenvalue weighted by Crippen LogP contribution is -2.49. The van der Waals surface area contributed by atoms with Gasteiger partial charge < -0.3 is 9.64 Å². The Morgan fingerprint density at radius 1 is 1.47 bits per heavy atom. The molecular formula is C12H15NO2. The van der Waals surface area contributed by atoms with Crippen molar-refractivity contribution in [2.75, 3.05) is 6.54 Å². The van der Waals surface area contributed by atoms with Crippen molar-refractivity contribution in [2.24, 2.45) is 0 Å². The summed E-state index contributed by atoms with van der Waals surface area (Å²) in [6.45, 7) is 3.23. The molecule has 15 heavy (non-hydrogen) atoms. The van der Waals surface area contributed by atoms with Gasteiger partial charge in [0.15, 0.2) is 0 Å². The molecule has 0 radical (unpaired) electrons. The minimum atomic E-state index is -0.197. The van der Waals surface area contributed by atoms with Gasteiger partial charge in [0.2, 0.25) is 0 Å². The van der Waals surface area contributed by atoms with Crippen LogP contribution in [0.15, 0.2) is 30.3 Å². The predicted molar refractivity (Wildman–Crippen MR) is 57.4 cm³/mol. The molecular weight excluding hydrogens is 190 g/mol. The molecule has 1 atom stereocenters. The highest BCUT2D eigenvalue weighted by Gasteiger charge is 2.29. The van der Waals surface area contributed by atoms with Crippen LogP contribution in [0.3, 0.4) is 0 Å². The fourth-order valence-corrected chi connectivity index (χ4v) is 1.59. The third-order valence-corrected chi connectivity index (χ3v) is 2.76. The lowest BCUT2D eigenvalue weighted by atomic mass is 10.1. The average molecular weight is 205 g/mol. The molecule has 1 heterocycles. The van der Waals surface area contributed by atoms with Crippen LogP contribution in [0.1, 0.15) is 18.9 Å². The summed E-state index contributed by atoms with van der Waals surface area (Å²) in [4.78, 5) is 13.3. The predicted octanol–water partition coefficient (Wildman–Crippen LogP) is 2.42. The van der Waals surface area contributed by atoms with Gasteiger partial charge in [0.25, 0.3) is 0 Å². The Kier molecular flexibility index (Phi) is 2.90. The number of carbonyl (C=O) groups is 1. The second-order valence-electron chi connectivity index (χ2n) is 3.87. The second-order valence-corrected chi connectivity index (χ2v) is 3.87. The summed E-state index contributed by atoms with van der Waals surface area (Å²) in [6, 6.07) is 10.1. The molecule has 1 fully saturated rings. The second kappa shape index (κ2) is 4.34. The summed E-state index contributed by atoms with van der Waals surface area (Å²) in [7, 11) is 0. The molecule has 0 bridgehead atoms.